The molecule has 1 aliphatic heterocycles. The Labute approximate surface area is 186 Å². The molecule has 32 heavy (non-hydrogen) atoms. The predicted octanol–water partition coefficient (Wildman–Crippen LogP) is 5.88. The molecule has 166 valence electrons. The molecule has 0 radical (unpaired) electrons. The maximum absolute atomic E-state index is 14.4. The molecular formula is C26H25F3N2O. The molecule has 0 spiro atoms. The summed E-state index contributed by atoms with van der Waals surface area (Å²) in [5.41, 5.74) is 3.24. The zero-order valence-corrected chi connectivity index (χ0v) is 18.1. The molecular weight excluding hydrogens is 413 g/mol. The first kappa shape index (κ1) is 21.9. The predicted molar refractivity (Wildman–Crippen MR) is 121 cm³/mol. The van der Waals surface area contributed by atoms with E-state index in [9.17, 15) is 18.0 Å². The fourth-order valence-electron chi connectivity index (χ4n) is 4.05. The molecule has 1 amide bonds. The second-order valence-electron chi connectivity index (χ2n) is 8.24. The molecule has 3 nitrogen and oxygen atoms in total. The van der Waals surface area contributed by atoms with Crippen molar-refractivity contribution in [1.82, 2.24) is 4.90 Å². The van der Waals surface area contributed by atoms with E-state index < -0.39 is 5.92 Å². The SMILES string of the molecule is Cc1ccc(-c2ccccc2F)c(C(=O)N2CCN(c3ccc(C(C)(F)F)cc3)CC2)c1. The summed E-state index contributed by atoms with van der Waals surface area (Å²) >= 11 is 0. The van der Waals surface area contributed by atoms with Crippen molar-refractivity contribution in [3.8, 4) is 11.1 Å². The lowest BCUT2D eigenvalue weighted by Crippen LogP contribution is -2.48. The highest BCUT2D eigenvalue weighted by molar-refractivity contribution is 6.01. The Kier molecular flexibility index (Phi) is 5.96. The Morgan fingerprint density at radius 1 is 0.875 bits per heavy atom. The summed E-state index contributed by atoms with van der Waals surface area (Å²) in [5.74, 6) is -3.36. The molecule has 1 saturated heterocycles. The van der Waals surface area contributed by atoms with Gasteiger partial charge in [-0.3, -0.25) is 4.79 Å². The van der Waals surface area contributed by atoms with Gasteiger partial charge in [0.2, 0.25) is 0 Å². The average Bonchev–Trinajstić information content (AvgIpc) is 2.79. The van der Waals surface area contributed by atoms with Gasteiger partial charge in [-0.2, -0.15) is 0 Å². The van der Waals surface area contributed by atoms with Gasteiger partial charge in [0.1, 0.15) is 5.82 Å². The lowest BCUT2D eigenvalue weighted by Gasteiger charge is -2.36. The van der Waals surface area contributed by atoms with Crippen LogP contribution in [0, 0.1) is 12.7 Å². The van der Waals surface area contributed by atoms with Crippen molar-refractivity contribution >= 4 is 11.6 Å². The van der Waals surface area contributed by atoms with Crippen LogP contribution in [0.2, 0.25) is 0 Å². The molecule has 3 aromatic carbocycles. The molecule has 0 saturated carbocycles. The number of amides is 1. The number of benzene rings is 3. The zero-order chi connectivity index (χ0) is 22.9. The summed E-state index contributed by atoms with van der Waals surface area (Å²) < 4.78 is 41.3. The van der Waals surface area contributed by atoms with Gasteiger partial charge >= 0.3 is 0 Å². The third kappa shape index (κ3) is 4.49. The number of rotatable bonds is 4. The normalized spacial score (nSPS) is 14.5. The molecule has 1 aliphatic rings. The Bertz CT molecular complexity index is 1110. The summed E-state index contributed by atoms with van der Waals surface area (Å²) in [6.07, 6.45) is 0. The molecule has 1 heterocycles. The van der Waals surface area contributed by atoms with Crippen LogP contribution in [-0.4, -0.2) is 37.0 Å². The standard InChI is InChI=1S/C26H25F3N2O/c1-18-7-12-21(22-5-3-4-6-24(22)27)23(17-18)25(32)31-15-13-30(14-16-31)20-10-8-19(9-11-20)26(2,28)29/h3-12,17H,13-16H2,1-2H3. The van der Waals surface area contributed by atoms with Crippen LogP contribution in [-0.2, 0) is 5.92 Å². The third-order valence-corrected chi connectivity index (χ3v) is 5.88. The lowest BCUT2D eigenvalue weighted by atomic mass is 9.96. The molecule has 0 bridgehead atoms. The van der Waals surface area contributed by atoms with Gasteiger partial charge < -0.3 is 9.80 Å². The summed E-state index contributed by atoms with van der Waals surface area (Å²) in [4.78, 5) is 17.2. The van der Waals surface area contributed by atoms with E-state index >= 15 is 0 Å². The maximum atomic E-state index is 14.4. The van der Waals surface area contributed by atoms with Crippen LogP contribution in [0.25, 0.3) is 11.1 Å². The van der Waals surface area contributed by atoms with Gasteiger partial charge in [0.15, 0.2) is 0 Å². The first-order valence-corrected chi connectivity index (χ1v) is 10.6. The highest BCUT2D eigenvalue weighted by Gasteiger charge is 2.27. The molecule has 0 atom stereocenters. The quantitative estimate of drug-likeness (QED) is 0.508. The molecule has 3 aromatic rings. The molecule has 0 unspecified atom stereocenters. The number of halogens is 3. The van der Waals surface area contributed by atoms with Gasteiger partial charge in [-0.05, 0) is 36.8 Å². The topological polar surface area (TPSA) is 23.6 Å². The Balaban J connectivity index is 1.51. The van der Waals surface area contributed by atoms with E-state index in [0.717, 1.165) is 18.2 Å². The number of hydrogen-bond acceptors (Lipinski definition) is 2. The van der Waals surface area contributed by atoms with Crippen molar-refractivity contribution in [3.63, 3.8) is 0 Å². The van der Waals surface area contributed by atoms with E-state index in [2.05, 4.69) is 4.90 Å². The minimum atomic E-state index is -2.87. The minimum Gasteiger partial charge on any atom is -0.368 e. The summed E-state index contributed by atoms with van der Waals surface area (Å²) in [5, 5.41) is 0. The summed E-state index contributed by atoms with van der Waals surface area (Å²) in [6.45, 7) is 4.96. The Morgan fingerprint density at radius 2 is 1.53 bits per heavy atom. The lowest BCUT2D eigenvalue weighted by molar-refractivity contribution is 0.0175. The highest BCUT2D eigenvalue weighted by atomic mass is 19.3. The summed E-state index contributed by atoms with van der Waals surface area (Å²) in [6, 6.07) is 18.2. The van der Waals surface area contributed by atoms with Gasteiger partial charge in [0, 0.05) is 55.5 Å². The molecule has 0 aromatic heterocycles. The molecule has 0 N–H and O–H groups in total. The van der Waals surface area contributed by atoms with E-state index in [0.29, 0.717) is 42.9 Å². The number of hydrogen-bond donors (Lipinski definition) is 0. The third-order valence-electron chi connectivity index (χ3n) is 5.88. The first-order valence-electron chi connectivity index (χ1n) is 10.6. The van der Waals surface area contributed by atoms with Crippen LogP contribution in [0.5, 0.6) is 0 Å². The van der Waals surface area contributed by atoms with Crippen LogP contribution in [0.15, 0.2) is 66.7 Å². The smallest absolute Gasteiger partial charge is 0.270 e. The Morgan fingerprint density at radius 3 is 2.16 bits per heavy atom. The van der Waals surface area contributed by atoms with Crippen molar-refractivity contribution < 1.29 is 18.0 Å². The van der Waals surface area contributed by atoms with Gasteiger partial charge in [-0.1, -0.05) is 48.0 Å². The number of alkyl halides is 2. The molecule has 4 rings (SSSR count). The van der Waals surface area contributed by atoms with Gasteiger partial charge in [0.25, 0.3) is 11.8 Å². The van der Waals surface area contributed by atoms with Gasteiger partial charge in [0.05, 0.1) is 0 Å². The molecule has 6 heteroatoms. The minimum absolute atomic E-state index is 0.0183. The maximum Gasteiger partial charge on any atom is 0.270 e. The summed E-state index contributed by atoms with van der Waals surface area (Å²) in [7, 11) is 0. The number of carbonyl (C=O) groups excluding carboxylic acids is 1. The van der Waals surface area contributed by atoms with Gasteiger partial charge in [-0.25, -0.2) is 13.2 Å². The fraction of sp³-hybridized carbons (Fsp3) is 0.269. The molecule has 0 aliphatic carbocycles. The highest BCUT2D eigenvalue weighted by Crippen LogP contribution is 2.30. The van der Waals surface area contributed by atoms with Crippen LogP contribution in [0.3, 0.4) is 0 Å². The fourth-order valence-corrected chi connectivity index (χ4v) is 4.05. The van der Waals surface area contributed by atoms with E-state index in [1.807, 2.05) is 13.0 Å². The first-order chi connectivity index (χ1) is 15.2. The molecule has 1 fully saturated rings. The number of piperazine rings is 1. The second-order valence-corrected chi connectivity index (χ2v) is 8.24. The van der Waals surface area contributed by atoms with Crippen LogP contribution in [0.4, 0.5) is 18.9 Å². The number of anilines is 1. The van der Waals surface area contributed by atoms with Crippen molar-refractivity contribution in [2.75, 3.05) is 31.1 Å². The van der Waals surface area contributed by atoms with Crippen molar-refractivity contribution in [1.29, 1.82) is 0 Å². The number of nitrogens with zero attached hydrogens (tertiary/aromatic N) is 2. The van der Waals surface area contributed by atoms with Crippen molar-refractivity contribution in [3.05, 3.63) is 89.2 Å². The van der Waals surface area contributed by atoms with Crippen molar-refractivity contribution in [2.45, 2.75) is 19.8 Å². The number of carbonyl (C=O) groups is 1. The Hall–Kier alpha value is -3.28. The van der Waals surface area contributed by atoms with E-state index in [1.165, 1.54) is 18.2 Å². The van der Waals surface area contributed by atoms with Crippen molar-refractivity contribution in [2.24, 2.45) is 0 Å². The largest absolute Gasteiger partial charge is 0.368 e. The van der Waals surface area contributed by atoms with E-state index in [1.54, 1.807) is 47.4 Å². The van der Waals surface area contributed by atoms with Crippen LogP contribution >= 0.6 is 0 Å². The van der Waals surface area contributed by atoms with Gasteiger partial charge in [-0.15, -0.1) is 0 Å². The second kappa shape index (κ2) is 8.69. The monoisotopic (exact) mass is 438 g/mol. The van der Waals surface area contributed by atoms with Crippen LogP contribution < -0.4 is 4.90 Å². The zero-order valence-electron chi connectivity index (χ0n) is 18.1. The van der Waals surface area contributed by atoms with E-state index in [-0.39, 0.29) is 17.3 Å². The van der Waals surface area contributed by atoms with E-state index in [4.69, 9.17) is 0 Å². The van der Waals surface area contributed by atoms with Crippen LogP contribution in [0.1, 0.15) is 28.4 Å². The average molecular weight is 438 g/mol. The number of aryl methyl sites for hydroxylation is 1.